The molecule has 1 saturated carbocycles. The minimum Gasteiger partial charge on any atom is -0.437 e. The SMILES string of the molecule is C[Si](C)(C)O[Si](C)(C)O[SiH](O[Si](C)(C)O[Si](C)(C)C)C1CCCCC1. The molecule has 25 heavy (non-hydrogen) atoms. The Balaban J connectivity index is 2.89. The quantitative estimate of drug-likeness (QED) is 0.434. The van der Waals surface area contributed by atoms with E-state index in [0.717, 1.165) is 0 Å². The van der Waals surface area contributed by atoms with E-state index < -0.39 is 43.0 Å². The first-order valence-corrected chi connectivity index (χ1v) is 23.9. The van der Waals surface area contributed by atoms with E-state index in [1.165, 1.54) is 32.1 Å². The number of hydrogen-bond acceptors (Lipinski definition) is 4. The summed E-state index contributed by atoms with van der Waals surface area (Å²) >= 11 is 0. The molecule has 1 rings (SSSR count). The zero-order chi connectivity index (χ0) is 19.5. The van der Waals surface area contributed by atoms with Gasteiger partial charge in [-0.2, -0.15) is 0 Å². The molecule has 0 amide bonds. The van der Waals surface area contributed by atoms with Crippen molar-refractivity contribution in [1.29, 1.82) is 0 Å². The molecule has 1 aliphatic carbocycles. The first-order valence-electron chi connectivity index (χ1n) is 9.85. The van der Waals surface area contributed by atoms with Gasteiger partial charge >= 0.3 is 26.4 Å². The molecule has 0 aromatic heterocycles. The number of hydrogen-bond donors (Lipinski definition) is 0. The van der Waals surface area contributed by atoms with Crippen molar-refractivity contribution in [2.24, 2.45) is 0 Å². The molecule has 1 fully saturated rings. The molecule has 0 bridgehead atoms. The maximum absolute atomic E-state index is 6.74. The Labute approximate surface area is 162 Å². The van der Waals surface area contributed by atoms with E-state index in [-0.39, 0.29) is 0 Å². The van der Waals surface area contributed by atoms with E-state index in [0.29, 0.717) is 5.54 Å². The molecular formula is C16H42O4Si5. The lowest BCUT2D eigenvalue weighted by Gasteiger charge is -2.41. The smallest absolute Gasteiger partial charge is 0.312 e. The van der Waals surface area contributed by atoms with Gasteiger partial charge in [-0.1, -0.05) is 19.3 Å². The zero-order valence-corrected chi connectivity index (χ0v) is 23.5. The van der Waals surface area contributed by atoms with Crippen molar-refractivity contribution < 1.29 is 16.5 Å². The summed E-state index contributed by atoms with van der Waals surface area (Å²) in [6.07, 6.45) is 6.50. The van der Waals surface area contributed by atoms with Crippen LogP contribution in [-0.2, 0) is 16.5 Å². The lowest BCUT2D eigenvalue weighted by Crippen LogP contribution is -2.55. The molecule has 0 spiro atoms. The molecule has 0 aromatic carbocycles. The highest BCUT2D eigenvalue weighted by molar-refractivity contribution is 6.86. The van der Waals surface area contributed by atoms with Crippen molar-refractivity contribution in [1.82, 2.24) is 0 Å². The summed E-state index contributed by atoms with van der Waals surface area (Å²) in [5, 5.41) is 0. The first kappa shape index (κ1) is 24.0. The minimum atomic E-state index is -2.17. The van der Waals surface area contributed by atoms with Crippen molar-refractivity contribution in [3.63, 3.8) is 0 Å². The van der Waals surface area contributed by atoms with Gasteiger partial charge in [-0.25, -0.2) is 0 Å². The molecule has 0 unspecified atom stereocenters. The Hall–Kier alpha value is 0.924. The van der Waals surface area contributed by atoms with E-state index in [9.17, 15) is 0 Å². The average molecular weight is 439 g/mol. The maximum Gasteiger partial charge on any atom is 0.312 e. The highest BCUT2D eigenvalue weighted by atomic mass is 28.5. The molecule has 0 heterocycles. The van der Waals surface area contributed by atoms with Crippen molar-refractivity contribution in [2.45, 2.75) is 103 Å². The van der Waals surface area contributed by atoms with Crippen LogP contribution in [0, 0.1) is 0 Å². The van der Waals surface area contributed by atoms with Gasteiger partial charge in [0.05, 0.1) is 0 Å². The largest absolute Gasteiger partial charge is 0.437 e. The highest BCUT2D eigenvalue weighted by Gasteiger charge is 2.43. The van der Waals surface area contributed by atoms with Crippen LogP contribution in [0.1, 0.15) is 32.1 Å². The van der Waals surface area contributed by atoms with Gasteiger partial charge in [0.25, 0.3) is 0 Å². The summed E-state index contributed by atoms with van der Waals surface area (Å²) in [6, 6.07) is 0. The van der Waals surface area contributed by atoms with Gasteiger partial charge in [0, 0.05) is 0 Å². The Bertz CT molecular complexity index is 382. The number of rotatable bonds is 9. The standard InChI is InChI=1S/C16H42O4Si5/c1-22(2,3)19-24(7,8)17-21(16-14-12-11-13-15-16)18-25(9,10)20-23(4,5)6/h16,21H,11-15H2,1-10H3. The molecule has 0 atom stereocenters. The minimum absolute atomic E-state index is 0.614. The van der Waals surface area contributed by atoms with E-state index >= 15 is 0 Å². The summed E-state index contributed by atoms with van der Waals surface area (Å²) in [4.78, 5) is 0. The van der Waals surface area contributed by atoms with Crippen LogP contribution in [0.5, 0.6) is 0 Å². The third-order valence-corrected chi connectivity index (χ3v) is 20.6. The van der Waals surface area contributed by atoms with E-state index in [1.807, 2.05) is 0 Å². The van der Waals surface area contributed by atoms with Crippen molar-refractivity contribution in [3.8, 4) is 0 Å². The van der Waals surface area contributed by atoms with Crippen LogP contribution >= 0.6 is 0 Å². The lowest BCUT2D eigenvalue weighted by atomic mass is 10.0. The van der Waals surface area contributed by atoms with Gasteiger partial charge in [-0.3, -0.25) is 0 Å². The molecule has 0 saturated heterocycles. The Kier molecular flexibility index (Phi) is 8.58. The lowest BCUT2D eigenvalue weighted by molar-refractivity contribution is 0.291. The summed E-state index contributed by atoms with van der Waals surface area (Å²) in [5.41, 5.74) is 0.614. The molecule has 0 radical (unpaired) electrons. The third kappa shape index (κ3) is 10.7. The highest BCUT2D eigenvalue weighted by Crippen LogP contribution is 2.35. The van der Waals surface area contributed by atoms with Crippen molar-refractivity contribution in [2.75, 3.05) is 0 Å². The van der Waals surface area contributed by atoms with Crippen LogP contribution in [0.2, 0.25) is 71.0 Å². The predicted octanol–water partition coefficient (Wildman–Crippen LogP) is 5.68. The molecule has 1 aliphatic rings. The van der Waals surface area contributed by atoms with E-state index in [4.69, 9.17) is 16.5 Å². The maximum atomic E-state index is 6.74. The monoisotopic (exact) mass is 438 g/mol. The van der Waals surface area contributed by atoms with Crippen LogP contribution < -0.4 is 0 Å². The summed E-state index contributed by atoms with van der Waals surface area (Å²) in [6.45, 7) is 22.3. The molecule has 0 N–H and O–H groups in total. The van der Waals surface area contributed by atoms with Gasteiger partial charge in [0.1, 0.15) is 0 Å². The van der Waals surface area contributed by atoms with Crippen LogP contribution in [0.3, 0.4) is 0 Å². The van der Waals surface area contributed by atoms with Gasteiger partial charge in [0.15, 0.2) is 16.6 Å². The van der Waals surface area contributed by atoms with Gasteiger partial charge < -0.3 is 16.5 Å². The molecular weight excluding hydrogens is 397 g/mol. The van der Waals surface area contributed by atoms with Crippen molar-refractivity contribution in [3.05, 3.63) is 0 Å². The van der Waals surface area contributed by atoms with Crippen LogP contribution in [0.25, 0.3) is 0 Å². The van der Waals surface area contributed by atoms with Crippen LogP contribution in [0.4, 0.5) is 0 Å². The molecule has 4 nitrogen and oxygen atoms in total. The van der Waals surface area contributed by atoms with Gasteiger partial charge in [0.2, 0.25) is 0 Å². The van der Waals surface area contributed by atoms with Crippen molar-refractivity contribution >= 4 is 43.0 Å². The van der Waals surface area contributed by atoms with E-state index in [1.54, 1.807) is 0 Å². The fourth-order valence-electron chi connectivity index (χ4n) is 3.71. The second kappa shape index (κ2) is 8.95. The summed E-state index contributed by atoms with van der Waals surface area (Å²) < 4.78 is 26.4. The molecule has 0 aromatic rings. The van der Waals surface area contributed by atoms with E-state index in [2.05, 4.69) is 65.5 Å². The Morgan fingerprint density at radius 1 is 0.600 bits per heavy atom. The predicted molar refractivity (Wildman–Crippen MR) is 120 cm³/mol. The fraction of sp³-hybridized carbons (Fsp3) is 1.00. The topological polar surface area (TPSA) is 36.9 Å². The van der Waals surface area contributed by atoms with Gasteiger partial charge in [-0.15, -0.1) is 0 Å². The normalized spacial score (nSPS) is 18.8. The first-order chi connectivity index (χ1) is 11.1. The molecule has 9 heteroatoms. The van der Waals surface area contributed by atoms with Gasteiger partial charge in [-0.05, 0) is 83.9 Å². The third-order valence-electron chi connectivity index (χ3n) is 3.94. The fourth-order valence-corrected chi connectivity index (χ4v) is 24.4. The Morgan fingerprint density at radius 2 is 0.960 bits per heavy atom. The second-order valence-corrected chi connectivity index (χ2v) is 29.5. The average Bonchev–Trinajstić information content (AvgIpc) is 2.32. The zero-order valence-electron chi connectivity index (χ0n) is 18.3. The Morgan fingerprint density at radius 3 is 1.28 bits per heavy atom. The molecule has 150 valence electrons. The molecule has 0 aliphatic heterocycles. The second-order valence-electron chi connectivity index (χ2n) is 10.2. The van der Waals surface area contributed by atoms with Crippen LogP contribution in [-0.4, -0.2) is 43.0 Å². The summed E-state index contributed by atoms with van der Waals surface area (Å²) in [5.74, 6) is 0. The van der Waals surface area contributed by atoms with Crippen LogP contribution in [0.15, 0.2) is 0 Å². The summed E-state index contributed by atoms with van der Waals surface area (Å²) in [7, 11) is -9.39.